The normalized spacial score (nSPS) is 25.8. The van der Waals surface area contributed by atoms with Gasteiger partial charge in [0.1, 0.15) is 5.03 Å². The summed E-state index contributed by atoms with van der Waals surface area (Å²) in [6.45, 7) is 1.23. The summed E-state index contributed by atoms with van der Waals surface area (Å²) in [6.07, 6.45) is 11.6. The zero-order chi connectivity index (χ0) is 13.1. The molecule has 1 atom stereocenters. The van der Waals surface area contributed by atoms with Crippen LogP contribution in [0.4, 0.5) is 0 Å². The Morgan fingerprint density at radius 2 is 2.00 bits per heavy atom. The number of hydrogen-bond acceptors (Lipinski definition) is 3. The molecule has 0 radical (unpaired) electrons. The molecule has 2 nitrogen and oxygen atoms in total. The van der Waals surface area contributed by atoms with Crippen molar-refractivity contribution in [3.05, 3.63) is 23.9 Å². The number of thioether (sulfide) groups is 1. The van der Waals surface area contributed by atoms with Gasteiger partial charge in [-0.2, -0.15) is 0 Å². The van der Waals surface area contributed by atoms with Gasteiger partial charge in [-0.05, 0) is 45.3 Å². The van der Waals surface area contributed by atoms with Crippen molar-refractivity contribution in [3.8, 4) is 0 Å². The minimum atomic E-state index is 0.597. The van der Waals surface area contributed by atoms with Crippen molar-refractivity contribution in [2.24, 2.45) is 0 Å². The van der Waals surface area contributed by atoms with E-state index in [1.54, 1.807) is 0 Å². The lowest BCUT2D eigenvalue weighted by atomic mass is 10.0. The molecule has 0 bridgehead atoms. The fourth-order valence-electron chi connectivity index (χ4n) is 3.40. The number of likely N-dealkylation sites (tertiary alicyclic amines) is 1. The first-order valence-corrected chi connectivity index (χ1v) is 8.54. The minimum Gasteiger partial charge on any atom is -0.299 e. The molecular weight excluding hydrogens is 252 g/mol. The van der Waals surface area contributed by atoms with Crippen LogP contribution >= 0.6 is 11.8 Å². The second-order valence-corrected chi connectivity index (χ2v) is 7.20. The van der Waals surface area contributed by atoms with Gasteiger partial charge in [-0.15, -0.1) is 11.8 Å². The van der Waals surface area contributed by atoms with E-state index >= 15 is 0 Å². The lowest BCUT2D eigenvalue weighted by molar-refractivity contribution is 0.313. The summed E-state index contributed by atoms with van der Waals surface area (Å²) < 4.78 is 0. The zero-order valence-electron chi connectivity index (χ0n) is 11.8. The Labute approximate surface area is 121 Å². The number of hydrogen-bond donors (Lipinski definition) is 0. The van der Waals surface area contributed by atoms with Crippen LogP contribution in [0.15, 0.2) is 23.4 Å². The van der Waals surface area contributed by atoms with Crippen LogP contribution in [0, 0.1) is 0 Å². The van der Waals surface area contributed by atoms with Gasteiger partial charge in [0, 0.05) is 23.1 Å². The Bertz CT molecular complexity index is 415. The Hall–Kier alpha value is -0.540. The van der Waals surface area contributed by atoms with Crippen molar-refractivity contribution in [3.63, 3.8) is 0 Å². The summed E-state index contributed by atoms with van der Waals surface area (Å²) in [7, 11) is 2.25. The van der Waals surface area contributed by atoms with Gasteiger partial charge >= 0.3 is 0 Å². The van der Waals surface area contributed by atoms with Crippen molar-refractivity contribution in [1.82, 2.24) is 9.88 Å². The van der Waals surface area contributed by atoms with Crippen molar-refractivity contribution < 1.29 is 0 Å². The average Bonchev–Trinajstić information content (AvgIpc) is 2.87. The van der Waals surface area contributed by atoms with Gasteiger partial charge in [0.2, 0.25) is 0 Å². The molecule has 1 saturated carbocycles. The highest BCUT2D eigenvalue weighted by Crippen LogP contribution is 2.39. The second kappa shape index (κ2) is 6.27. The van der Waals surface area contributed by atoms with E-state index in [2.05, 4.69) is 29.1 Å². The average molecular weight is 276 g/mol. The topological polar surface area (TPSA) is 16.1 Å². The number of rotatable bonds is 3. The van der Waals surface area contributed by atoms with Gasteiger partial charge in [-0.25, -0.2) is 4.98 Å². The molecule has 0 amide bonds. The molecule has 1 aromatic heterocycles. The first-order valence-electron chi connectivity index (χ1n) is 7.66. The van der Waals surface area contributed by atoms with Crippen LogP contribution in [-0.4, -0.2) is 28.7 Å². The van der Waals surface area contributed by atoms with Gasteiger partial charge in [-0.1, -0.05) is 25.3 Å². The Balaban J connectivity index is 1.76. The van der Waals surface area contributed by atoms with E-state index in [1.165, 1.54) is 62.1 Å². The summed E-state index contributed by atoms with van der Waals surface area (Å²) in [6, 6.07) is 5.00. The van der Waals surface area contributed by atoms with Crippen LogP contribution in [0.1, 0.15) is 56.6 Å². The van der Waals surface area contributed by atoms with E-state index in [0.717, 1.165) is 5.25 Å². The molecule has 19 heavy (non-hydrogen) atoms. The maximum absolute atomic E-state index is 4.69. The molecule has 1 aromatic rings. The molecule has 1 aliphatic carbocycles. The largest absolute Gasteiger partial charge is 0.299 e. The number of pyridine rings is 1. The molecule has 104 valence electrons. The van der Waals surface area contributed by atoms with E-state index in [0.29, 0.717) is 6.04 Å². The molecular formula is C16H24N2S. The lowest BCUT2D eigenvalue weighted by Gasteiger charge is -2.25. The molecule has 2 fully saturated rings. The van der Waals surface area contributed by atoms with Gasteiger partial charge in [0.05, 0.1) is 0 Å². The first kappa shape index (κ1) is 13.4. The van der Waals surface area contributed by atoms with Crippen molar-refractivity contribution in [2.75, 3.05) is 13.6 Å². The molecule has 2 aliphatic rings. The summed E-state index contributed by atoms with van der Waals surface area (Å²) >= 11 is 2.04. The Kier molecular flexibility index (Phi) is 4.44. The predicted molar refractivity (Wildman–Crippen MR) is 81.6 cm³/mol. The van der Waals surface area contributed by atoms with Gasteiger partial charge in [0.15, 0.2) is 0 Å². The summed E-state index contributed by atoms with van der Waals surface area (Å²) in [4.78, 5) is 7.18. The van der Waals surface area contributed by atoms with E-state index in [1.807, 2.05) is 18.0 Å². The molecule has 2 heterocycles. The number of aromatic nitrogens is 1. The van der Waals surface area contributed by atoms with E-state index in [9.17, 15) is 0 Å². The smallest absolute Gasteiger partial charge is 0.101 e. The van der Waals surface area contributed by atoms with Crippen LogP contribution in [0.5, 0.6) is 0 Å². The number of nitrogens with zero attached hydrogens (tertiary/aromatic N) is 2. The molecule has 0 N–H and O–H groups in total. The van der Waals surface area contributed by atoms with Gasteiger partial charge < -0.3 is 0 Å². The van der Waals surface area contributed by atoms with Crippen molar-refractivity contribution in [1.29, 1.82) is 0 Å². The first-order chi connectivity index (χ1) is 9.34. The quantitative estimate of drug-likeness (QED) is 0.820. The molecule has 0 aromatic carbocycles. The third-order valence-corrected chi connectivity index (χ3v) is 5.88. The molecule has 3 rings (SSSR count). The maximum Gasteiger partial charge on any atom is 0.101 e. The minimum absolute atomic E-state index is 0.597. The molecule has 0 unspecified atom stereocenters. The van der Waals surface area contributed by atoms with E-state index < -0.39 is 0 Å². The fourth-order valence-corrected chi connectivity index (χ4v) is 4.75. The highest BCUT2D eigenvalue weighted by molar-refractivity contribution is 7.99. The standard InChI is InChI=1S/C16H24N2S/c1-18-12-6-10-15(18)14-9-5-11-17-16(14)19-13-7-3-2-4-8-13/h5,9,11,13,15H,2-4,6-8,10,12H2,1H3/t15-/m1/s1. The Morgan fingerprint density at radius 1 is 1.16 bits per heavy atom. The second-order valence-electron chi connectivity index (χ2n) is 5.91. The molecule has 1 aliphatic heterocycles. The molecule has 3 heteroatoms. The zero-order valence-corrected chi connectivity index (χ0v) is 12.7. The van der Waals surface area contributed by atoms with Crippen LogP contribution in [-0.2, 0) is 0 Å². The molecule has 0 spiro atoms. The van der Waals surface area contributed by atoms with Crippen molar-refractivity contribution in [2.45, 2.75) is 61.3 Å². The van der Waals surface area contributed by atoms with Crippen LogP contribution in [0.25, 0.3) is 0 Å². The Morgan fingerprint density at radius 3 is 2.74 bits per heavy atom. The maximum atomic E-state index is 4.69. The highest BCUT2D eigenvalue weighted by atomic mass is 32.2. The molecule has 1 saturated heterocycles. The lowest BCUT2D eigenvalue weighted by Crippen LogP contribution is -2.19. The highest BCUT2D eigenvalue weighted by Gasteiger charge is 2.26. The summed E-state index contributed by atoms with van der Waals surface area (Å²) in [5.74, 6) is 0. The van der Waals surface area contributed by atoms with Gasteiger partial charge in [0.25, 0.3) is 0 Å². The van der Waals surface area contributed by atoms with Crippen LogP contribution in [0.3, 0.4) is 0 Å². The predicted octanol–water partition coefficient (Wildman–Crippen LogP) is 4.27. The van der Waals surface area contributed by atoms with Crippen LogP contribution in [0.2, 0.25) is 0 Å². The van der Waals surface area contributed by atoms with Gasteiger partial charge in [-0.3, -0.25) is 4.90 Å². The SMILES string of the molecule is CN1CCC[C@@H]1c1cccnc1SC1CCCCC1. The fraction of sp³-hybridized carbons (Fsp3) is 0.688. The van der Waals surface area contributed by atoms with E-state index in [-0.39, 0.29) is 0 Å². The monoisotopic (exact) mass is 276 g/mol. The van der Waals surface area contributed by atoms with Crippen molar-refractivity contribution >= 4 is 11.8 Å². The summed E-state index contributed by atoms with van der Waals surface area (Å²) in [5, 5.41) is 2.10. The van der Waals surface area contributed by atoms with E-state index in [4.69, 9.17) is 0 Å². The summed E-state index contributed by atoms with van der Waals surface area (Å²) in [5.41, 5.74) is 1.47. The van der Waals surface area contributed by atoms with Crippen LogP contribution < -0.4 is 0 Å². The third-order valence-electron chi connectivity index (χ3n) is 4.51. The third kappa shape index (κ3) is 3.14.